The molecule has 39 heavy (non-hydrogen) atoms. The van der Waals surface area contributed by atoms with Crippen molar-refractivity contribution >= 4 is 63.3 Å². The number of nitrogens with zero attached hydrogens (tertiary/aromatic N) is 1. The number of amides is 2. The van der Waals surface area contributed by atoms with Crippen LogP contribution in [0.3, 0.4) is 0 Å². The van der Waals surface area contributed by atoms with Gasteiger partial charge in [0.2, 0.25) is 11.8 Å². The lowest BCUT2D eigenvalue weighted by atomic mass is 10.3. The molecule has 0 aliphatic heterocycles. The minimum Gasteiger partial charge on any atom is -0.506 e. The Hall–Kier alpha value is -4.41. The molecule has 4 aromatic carbocycles. The summed E-state index contributed by atoms with van der Waals surface area (Å²) in [6.07, 6.45) is 0. The SMILES string of the molecule is O=C(CSC(=Nc1ccccc1SCC(=O)Nc1ccccc1O)Nc1ccccc1)Nc1ccccc1O. The average Bonchev–Trinajstić information content (AvgIpc) is 2.94. The number of carbonyl (C=O) groups excluding carboxylic acids is 2. The molecule has 4 aromatic rings. The molecule has 0 bridgehead atoms. The third kappa shape index (κ3) is 8.56. The van der Waals surface area contributed by atoms with E-state index >= 15 is 0 Å². The molecule has 0 aromatic heterocycles. The highest BCUT2D eigenvalue weighted by Crippen LogP contribution is 2.31. The highest BCUT2D eigenvalue weighted by Gasteiger charge is 2.12. The number of aliphatic imine (C=N–C) groups is 1. The second-order valence-electron chi connectivity index (χ2n) is 8.08. The molecule has 5 N–H and O–H groups in total. The van der Waals surface area contributed by atoms with Crippen LogP contribution in [-0.4, -0.2) is 38.7 Å². The van der Waals surface area contributed by atoms with Crippen LogP contribution in [0.4, 0.5) is 22.7 Å². The van der Waals surface area contributed by atoms with Gasteiger partial charge in [-0.2, -0.15) is 0 Å². The summed E-state index contributed by atoms with van der Waals surface area (Å²) in [4.78, 5) is 30.7. The van der Waals surface area contributed by atoms with E-state index < -0.39 is 0 Å². The minimum absolute atomic E-state index is 0.000941. The first-order chi connectivity index (χ1) is 19.0. The Morgan fingerprint density at radius 2 is 1.18 bits per heavy atom. The number of rotatable bonds is 9. The summed E-state index contributed by atoms with van der Waals surface area (Å²) in [7, 11) is 0. The van der Waals surface area contributed by atoms with E-state index in [0.717, 1.165) is 10.6 Å². The largest absolute Gasteiger partial charge is 0.506 e. The number of thioether (sulfide) groups is 2. The lowest BCUT2D eigenvalue weighted by Crippen LogP contribution is -2.17. The van der Waals surface area contributed by atoms with Crippen LogP contribution in [0.1, 0.15) is 0 Å². The van der Waals surface area contributed by atoms with Crippen LogP contribution < -0.4 is 16.0 Å². The van der Waals surface area contributed by atoms with E-state index in [0.29, 0.717) is 22.2 Å². The summed E-state index contributed by atoms with van der Waals surface area (Å²) in [6.45, 7) is 0. The molecule has 0 unspecified atom stereocenters. The Kier molecular flexibility index (Phi) is 9.87. The molecule has 0 atom stereocenters. The molecule has 0 saturated carbocycles. The maximum absolute atomic E-state index is 12.6. The van der Waals surface area contributed by atoms with Crippen molar-refractivity contribution in [3.05, 3.63) is 103 Å². The number of para-hydroxylation sites is 6. The summed E-state index contributed by atoms with van der Waals surface area (Å²) in [5.74, 6) is -0.416. The quantitative estimate of drug-likeness (QED) is 0.0707. The second-order valence-corrected chi connectivity index (χ2v) is 10.1. The van der Waals surface area contributed by atoms with E-state index in [1.165, 1.54) is 35.7 Å². The molecular weight excluding hydrogens is 532 g/mol. The topological polar surface area (TPSA) is 123 Å². The summed E-state index contributed by atoms with van der Waals surface area (Å²) >= 11 is 2.52. The molecule has 0 fully saturated rings. The zero-order valence-corrected chi connectivity index (χ0v) is 22.3. The van der Waals surface area contributed by atoms with E-state index in [1.54, 1.807) is 36.4 Å². The molecule has 0 saturated heterocycles. The van der Waals surface area contributed by atoms with Crippen molar-refractivity contribution in [2.24, 2.45) is 4.99 Å². The number of amidine groups is 1. The van der Waals surface area contributed by atoms with Gasteiger partial charge in [0, 0.05) is 10.6 Å². The highest BCUT2D eigenvalue weighted by atomic mass is 32.2. The normalized spacial score (nSPS) is 11.0. The van der Waals surface area contributed by atoms with E-state index in [1.807, 2.05) is 54.6 Å². The molecule has 0 aliphatic rings. The van der Waals surface area contributed by atoms with E-state index in [-0.39, 0.29) is 34.8 Å². The lowest BCUT2D eigenvalue weighted by molar-refractivity contribution is -0.114. The van der Waals surface area contributed by atoms with Gasteiger partial charge in [-0.25, -0.2) is 4.99 Å². The van der Waals surface area contributed by atoms with Crippen LogP contribution in [0.25, 0.3) is 0 Å². The average molecular weight is 559 g/mol. The molecule has 8 nitrogen and oxygen atoms in total. The number of aromatic hydroxyl groups is 2. The number of hydrogen-bond acceptors (Lipinski definition) is 7. The van der Waals surface area contributed by atoms with Gasteiger partial charge >= 0.3 is 0 Å². The Labute approximate surface area is 234 Å². The van der Waals surface area contributed by atoms with Gasteiger partial charge in [-0.3, -0.25) is 9.59 Å². The van der Waals surface area contributed by atoms with Crippen molar-refractivity contribution in [1.82, 2.24) is 0 Å². The van der Waals surface area contributed by atoms with Gasteiger partial charge in [0.25, 0.3) is 0 Å². The van der Waals surface area contributed by atoms with Gasteiger partial charge in [-0.1, -0.05) is 66.4 Å². The smallest absolute Gasteiger partial charge is 0.234 e. The number of phenolic OH excluding ortho intramolecular Hbond substituents is 2. The maximum atomic E-state index is 12.6. The van der Waals surface area contributed by atoms with Gasteiger partial charge < -0.3 is 26.2 Å². The number of anilines is 3. The fourth-order valence-corrected chi connectivity index (χ4v) is 4.82. The molecule has 4 rings (SSSR count). The maximum Gasteiger partial charge on any atom is 0.234 e. The first-order valence-electron chi connectivity index (χ1n) is 11.9. The highest BCUT2D eigenvalue weighted by molar-refractivity contribution is 8.14. The van der Waals surface area contributed by atoms with Gasteiger partial charge in [0.15, 0.2) is 5.17 Å². The van der Waals surface area contributed by atoms with Crippen molar-refractivity contribution in [2.45, 2.75) is 4.90 Å². The third-order valence-corrected chi connectivity index (χ3v) is 7.10. The monoisotopic (exact) mass is 558 g/mol. The fraction of sp³-hybridized carbons (Fsp3) is 0.0690. The molecule has 2 amide bonds. The van der Waals surface area contributed by atoms with E-state index in [9.17, 15) is 19.8 Å². The van der Waals surface area contributed by atoms with E-state index in [4.69, 9.17) is 4.99 Å². The minimum atomic E-state index is -0.299. The van der Waals surface area contributed by atoms with Crippen LogP contribution in [0.15, 0.2) is 113 Å². The Bertz CT molecular complexity index is 1460. The molecule has 10 heteroatoms. The number of hydrogen-bond donors (Lipinski definition) is 5. The Morgan fingerprint density at radius 1 is 0.641 bits per heavy atom. The molecule has 198 valence electrons. The standard InChI is InChI=1S/C29H26N4O4S2/c34-24-15-7-4-12-21(24)31-27(36)18-38-26-17-9-6-14-23(26)33-29(30-20-10-2-1-3-11-20)39-19-28(37)32-22-13-5-8-16-25(22)35/h1-17,34-35H,18-19H2,(H,30,33)(H,31,36)(H,32,37). The summed E-state index contributed by atoms with van der Waals surface area (Å²) in [5.41, 5.74) is 2.12. The summed E-state index contributed by atoms with van der Waals surface area (Å²) < 4.78 is 0. The first kappa shape index (κ1) is 27.6. The number of carbonyl (C=O) groups is 2. The van der Waals surface area contributed by atoms with Crippen molar-refractivity contribution in [3.63, 3.8) is 0 Å². The predicted molar refractivity (Wildman–Crippen MR) is 160 cm³/mol. The second kappa shape index (κ2) is 13.9. The van der Waals surface area contributed by atoms with Gasteiger partial charge in [0.05, 0.1) is 28.6 Å². The molecule has 0 radical (unpaired) electrons. The van der Waals surface area contributed by atoms with Gasteiger partial charge in [0.1, 0.15) is 11.5 Å². The van der Waals surface area contributed by atoms with Gasteiger partial charge in [-0.15, -0.1) is 11.8 Å². The van der Waals surface area contributed by atoms with Crippen LogP contribution in [0.5, 0.6) is 11.5 Å². The number of phenols is 2. The molecule has 0 aliphatic carbocycles. The fourth-order valence-electron chi connectivity index (χ4n) is 3.33. The van der Waals surface area contributed by atoms with Crippen molar-refractivity contribution in [1.29, 1.82) is 0 Å². The molecular formula is C29H26N4O4S2. The Balaban J connectivity index is 1.47. The number of benzene rings is 4. The van der Waals surface area contributed by atoms with Crippen molar-refractivity contribution < 1.29 is 19.8 Å². The lowest BCUT2D eigenvalue weighted by Gasteiger charge is -2.12. The predicted octanol–water partition coefficient (Wildman–Crippen LogP) is 6.30. The summed E-state index contributed by atoms with van der Waals surface area (Å²) in [5, 5.41) is 29.0. The van der Waals surface area contributed by atoms with Crippen molar-refractivity contribution in [2.75, 3.05) is 27.5 Å². The Morgan fingerprint density at radius 3 is 1.82 bits per heavy atom. The molecule has 0 spiro atoms. The number of nitrogens with one attached hydrogen (secondary N) is 3. The van der Waals surface area contributed by atoms with Crippen LogP contribution >= 0.6 is 23.5 Å². The zero-order valence-electron chi connectivity index (χ0n) is 20.7. The van der Waals surface area contributed by atoms with Crippen LogP contribution in [-0.2, 0) is 9.59 Å². The first-order valence-corrected chi connectivity index (χ1v) is 13.9. The van der Waals surface area contributed by atoms with E-state index in [2.05, 4.69) is 16.0 Å². The van der Waals surface area contributed by atoms with Crippen LogP contribution in [0.2, 0.25) is 0 Å². The van der Waals surface area contributed by atoms with Gasteiger partial charge in [-0.05, 0) is 48.5 Å². The van der Waals surface area contributed by atoms with Crippen LogP contribution in [0, 0.1) is 0 Å². The molecule has 0 heterocycles. The third-order valence-electron chi connectivity index (χ3n) is 5.17. The van der Waals surface area contributed by atoms with Crippen molar-refractivity contribution in [3.8, 4) is 11.5 Å². The summed E-state index contributed by atoms with van der Waals surface area (Å²) in [6, 6.07) is 30.0. The zero-order chi connectivity index (χ0) is 27.5.